The van der Waals surface area contributed by atoms with Crippen molar-refractivity contribution in [1.29, 1.82) is 0 Å². The summed E-state index contributed by atoms with van der Waals surface area (Å²) in [5.41, 5.74) is 5.71. The number of anilines is 1. The molecule has 0 spiro atoms. The van der Waals surface area contributed by atoms with Gasteiger partial charge in [0.15, 0.2) is 0 Å². The normalized spacial score (nSPS) is 10.4. The topological polar surface area (TPSA) is 38.3 Å². The number of rotatable bonds is 6. The highest BCUT2D eigenvalue weighted by Crippen LogP contribution is 2.20. The Bertz CT molecular complexity index is 692. The van der Waals surface area contributed by atoms with Gasteiger partial charge in [-0.3, -0.25) is 4.79 Å². The molecule has 1 N–H and O–H groups in total. The Morgan fingerprint density at radius 1 is 1.09 bits per heavy atom. The van der Waals surface area contributed by atoms with E-state index in [1.165, 1.54) is 16.7 Å². The van der Waals surface area contributed by atoms with Gasteiger partial charge in [-0.25, -0.2) is 0 Å². The number of ether oxygens (including phenoxy) is 1. The van der Waals surface area contributed by atoms with E-state index in [9.17, 15) is 4.79 Å². The van der Waals surface area contributed by atoms with Gasteiger partial charge in [-0.05, 0) is 74.1 Å². The van der Waals surface area contributed by atoms with E-state index in [4.69, 9.17) is 4.74 Å². The highest BCUT2D eigenvalue weighted by Gasteiger charge is 2.07. The fourth-order valence-corrected chi connectivity index (χ4v) is 2.61. The number of benzene rings is 2. The van der Waals surface area contributed by atoms with Crippen molar-refractivity contribution in [3.63, 3.8) is 0 Å². The molecular weight excluding hydrogens is 286 g/mol. The first kappa shape index (κ1) is 17.1. The number of aryl methyl sites for hydroxylation is 3. The molecule has 0 bridgehead atoms. The third-order valence-corrected chi connectivity index (χ3v) is 4.28. The zero-order valence-corrected chi connectivity index (χ0v) is 14.4. The highest BCUT2D eigenvalue weighted by molar-refractivity contribution is 5.91. The molecule has 0 fully saturated rings. The van der Waals surface area contributed by atoms with E-state index < -0.39 is 0 Å². The lowest BCUT2D eigenvalue weighted by molar-refractivity contribution is -0.116. The molecule has 0 saturated carbocycles. The SMILES string of the molecule is COc1ccc(CCCC(=O)Nc2cccc(C)c2C)c(C)c1. The van der Waals surface area contributed by atoms with E-state index in [0.717, 1.165) is 29.8 Å². The molecule has 0 unspecified atom stereocenters. The van der Waals surface area contributed by atoms with E-state index in [1.54, 1.807) is 7.11 Å². The van der Waals surface area contributed by atoms with Gasteiger partial charge in [0.25, 0.3) is 0 Å². The molecule has 1 amide bonds. The first-order valence-corrected chi connectivity index (χ1v) is 8.01. The summed E-state index contributed by atoms with van der Waals surface area (Å²) >= 11 is 0. The lowest BCUT2D eigenvalue weighted by Gasteiger charge is -2.11. The number of methoxy groups -OCH3 is 1. The molecule has 2 aromatic rings. The van der Waals surface area contributed by atoms with Crippen LogP contribution in [0.15, 0.2) is 36.4 Å². The average Bonchev–Trinajstić information content (AvgIpc) is 2.53. The average molecular weight is 311 g/mol. The second-order valence-corrected chi connectivity index (χ2v) is 5.94. The molecule has 0 saturated heterocycles. The number of hydrogen-bond acceptors (Lipinski definition) is 2. The first-order chi connectivity index (χ1) is 11.0. The van der Waals surface area contributed by atoms with Crippen molar-refractivity contribution >= 4 is 11.6 Å². The van der Waals surface area contributed by atoms with Gasteiger partial charge in [0.05, 0.1) is 7.11 Å². The van der Waals surface area contributed by atoms with Crippen LogP contribution < -0.4 is 10.1 Å². The van der Waals surface area contributed by atoms with Gasteiger partial charge in [0.2, 0.25) is 5.91 Å². The molecule has 0 heterocycles. The van der Waals surface area contributed by atoms with Crippen molar-refractivity contribution in [3.8, 4) is 5.75 Å². The van der Waals surface area contributed by atoms with Crippen LogP contribution in [0.25, 0.3) is 0 Å². The number of nitrogens with one attached hydrogen (secondary N) is 1. The van der Waals surface area contributed by atoms with Gasteiger partial charge < -0.3 is 10.1 Å². The summed E-state index contributed by atoms with van der Waals surface area (Å²) in [7, 11) is 1.67. The van der Waals surface area contributed by atoms with E-state index in [1.807, 2.05) is 31.2 Å². The Morgan fingerprint density at radius 2 is 1.87 bits per heavy atom. The van der Waals surface area contributed by atoms with Crippen LogP contribution in [0.5, 0.6) is 5.75 Å². The summed E-state index contributed by atoms with van der Waals surface area (Å²) in [6, 6.07) is 12.1. The Balaban J connectivity index is 1.86. The van der Waals surface area contributed by atoms with Crippen molar-refractivity contribution < 1.29 is 9.53 Å². The standard InChI is InChI=1S/C20H25NO2/c1-14-7-5-9-19(16(14)3)21-20(22)10-6-8-17-11-12-18(23-4)13-15(17)2/h5,7,9,11-13H,6,8,10H2,1-4H3,(H,21,22). The molecule has 2 aromatic carbocycles. The van der Waals surface area contributed by atoms with Crippen molar-refractivity contribution in [1.82, 2.24) is 0 Å². The van der Waals surface area contributed by atoms with Crippen LogP contribution in [0, 0.1) is 20.8 Å². The molecule has 0 radical (unpaired) electrons. The van der Waals surface area contributed by atoms with E-state index >= 15 is 0 Å². The second-order valence-electron chi connectivity index (χ2n) is 5.94. The first-order valence-electron chi connectivity index (χ1n) is 8.01. The molecular formula is C20H25NO2. The molecule has 0 aliphatic carbocycles. The summed E-state index contributed by atoms with van der Waals surface area (Å²) < 4.78 is 5.22. The van der Waals surface area contributed by atoms with Crippen molar-refractivity contribution in [2.24, 2.45) is 0 Å². The summed E-state index contributed by atoms with van der Waals surface area (Å²) in [6.07, 6.45) is 2.26. The van der Waals surface area contributed by atoms with Crippen LogP contribution in [0.2, 0.25) is 0 Å². The lowest BCUT2D eigenvalue weighted by atomic mass is 10.0. The van der Waals surface area contributed by atoms with Gasteiger partial charge >= 0.3 is 0 Å². The predicted molar refractivity (Wildman–Crippen MR) is 95.2 cm³/mol. The quantitative estimate of drug-likeness (QED) is 0.848. The lowest BCUT2D eigenvalue weighted by Crippen LogP contribution is -2.12. The Kier molecular flexibility index (Phi) is 5.80. The predicted octanol–water partition coefficient (Wildman–Crippen LogP) is 4.58. The van der Waals surface area contributed by atoms with Gasteiger partial charge in [-0.2, -0.15) is 0 Å². The van der Waals surface area contributed by atoms with Crippen LogP contribution in [-0.2, 0) is 11.2 Å². The summed E-state index contributed by atoms with van der Waals surface area (Å²) in [6.45, 7) is 6.16. The van der Waals surface area contributed by atoms with E-state index in [-0.39, 0.29) is 5.91 Å². The number of carbonyl (C=O) groups is 1. The maximum atomic E-state index is 12.1. The number of amides is 1. The minimum atomic E-state index is 0.0739. The maximum Gasteiger partial charge on any atom is 0.224 e. The third-order valence-electron chi connectivity index (χ3n) is 4.28. The third kappa shape index (κ3) is 4.59. The zero-order valence-electron chi connectivity index (χ0n) is 14.4. The van der Waals surface area contributed by atoms with Crippen LogP contribution in [0.3, 0.4) is 0 Å². The molecule has 0 aliphatic rings. The van der Waals surface area contributed by atoms with Gasteiger partial charge in [-0.15, -0.1) is 0 Å². The fourth-order valence-electron chi connectivity index (χ4n) is 2.61. The van der Waals surface area contributed by atoms with Crippen LogP contribution >= 0.6 is 0 Å². The molecule has 0 atom stereocenters. The molecule has 122 valence electrons. The van der Waals surface area contributed by atoms with Crippen molar-refractivity contribution in [2.45, 2.75) is 40.0 Å². The zero-order chi connectivity index (χ0) is 16.8. The van der Waals surface area contributed by atoms with E-state index in [2.05, 4.69) is 31.3 Å². The van der Waals surface area contributed by atoms with Gasteiger partial charge in [-0.1, -0.05) is 18.2 Å². The smallest absolute Gasteiger partial charge is 0.224 e. The van der Waals surface area contributed by atoms with Crippen molar-refractivity contribution in [2.75, 3.05) is 12.4 Å². The maximum absolute atomic E-state index is 12.1. The molecule has 3 heteroatoms. The van der Waals surface area contributed by atoms with Crippen molar-refractivity contribution in [3.05, 3.63) is 58.7 Å². The largest absolute Gasteiger partial charge is 0.497 e. The fraction of sp³-hybridized carbons (Fsp3) is 0.350. The van der Waals surface area contributed by atoms with Gasteiger partial charge in [0, 0.05) is 12.1 Å². The minimum Gasteiger partial charge on any atom is -0.497 e. The summed E-state index contributed by atoms with van der Waals surface area (Å²) in [5, 5.41) is 3.01. The Hall–Kier alpha value is -2.29. The molecule has 0 aromatic heterocycles. The molecule has 3 nitrogen and oxygen atoms in total. The minimum absolute atomic E-state index is 0.0739. The second kappa shape index (κ2) is 7.82. The Labute approximate surface area is 138 Å². The molecule has 23 heavy (non-hydrogen) atoms. The summed E-state index contributed by atoms with van der Waals surface area (Å²) in [4.78, 5) is 12.1. The Morgan fingerprint density at radius 3 is 2.57 bits per heavy atom. The van der Waals surface area contributed by atoms with Crippen LogP contribution in [-0.4, -0.2) is 13.0 Å². The number of carbonyl (C=O) groups excluding carboxylic acids is 1. The number of hydrogen-bond donors (Lipinski definition) is 1. The van der Waals surface area contributed by atoms with Crippen LogP contribution in [0.1, 0.15) is 35.1 Å². The van der Waals surface area contributed by atoms with E-state index in [0.29, 0.717) is 6.42 Å². The summed E-state index contributed by atoms with van der Waals surface area (Å²) in [5.74, 6) is 0.948. The molecule has 0 aliphatic heterocycles. The highest BCUT2D eigenvalue weighted by atomic mass is 16.5. The van der Waals surface area contributed by atoms with Crippen LogP contribution in [0.4, 0.5) is 5.69 Å². The monoisotopic (exact) mass is 311 g/mol. The molecule has 2 rings (SSSR count). The van der Waals surface area contributed by atoms with Gasteiger partial charge in [0.1, 0.15) is 5.75 Å².